The van der Waals surface area contributed by atoms with Crippen LogP contribution in [0.25, 0.3) is 0 Å². The van der Waals surface area contributed by atoms with Gasteiger partial charge in [-0.05, 0) is 0 Å². The number of halogens is 17. The first kappa shape index (κ1) is 47.3. The summed E-state index contributed by atoms with van der Waals surface area (Å²) in [5.74, 6) is -52.0. The molecule has 282 valence electrons. The molecule has 0 aromatic carbocycles. The van der Waals surface area contributed by atoms with Crippen molar-refractivity contribution in [1.82, 2.24) is 0 Å². The van der Waals surface area contributed by atoms with E-state index in [4.69, 9.17) is 4.55 Å². The van der Waals surface area contributed by atoms with Gasteiger partial charge in [0, 0.05) is 0 Å². The molecule has 0 heterocycles. The molecule has 0 saturated heterocycles. The predicted molar refractivity (Wildman–Crippen MR) is 140 cm³/mol. The van der Waals surface area contributed by atoms with Gasteiger partial charge in [-0.1, -0.05) is 0 Å². The topological polar surface area (TPSA) is 54.4 Å². The van der Waals surface area contributed by atoms with Gasteiger partial charge in [-0.2, -0.15) is 83.1 Å². The second-order valence-corrected chi connectivity index (χ2v) is 17.3. The first-order chi connectivity index (χ1) is 20.2. The van der Waals surface area contributed by atoms with Gasteiger partial charge in [0.15, 0.2) is 0 Å². The second-order valence-electron chi connectivity index (χ2n) is 10.9. The Kier molecular flexibility index (Phi) is 16.7. The summed E-state index contributed by atoms with van der Waals surface area (Å²) in [6.07, 6.45) is 10.3. The minimum atomic E-state index is -8.89. The third-order valence-corrected chi connectivity index (χ3v) is 13.8. The van der Waals surface area contributed by atoms with E-state index in [2.05, 4.69) is 27.7 Å². The number of rotatable bonds is 19. The summed E-state index contributed by atoms with van der Waals surface area (Å²) < 4.78 is 242. The van der Waals surface area contributed by atoms with Crippen molar-refractivity contribution in [1.29, 1.82) is 0 Å². The molecular weight excluding hydrogens is 722 g/mol. The van der Waals surface area contributed by atoms with Crippen LogP contribution in [0.15, 0.2) is 0 Å². The SMILES string of the molecule is CCCC[PH](CCCC)(CCCC)CCCC.O=S(=O)(O)C(F)(F)C(F)(F)C(F)(F)C(F)(F)C(F)(F)C(F)(F)C(F)(F)C(F)(F)F. The van der Waals surface area contributed by atoms with Gasteiger partial charge < -0.3 is 0 Å². The van der Waals surface area contributed by atoms with Crippen molar-refractivity contribution in [3.63, 3.8) is 0 Å². The maximum absolute atomic E-state index is 13.0. The van der Waals surface area contributed by atoms with Gasteiger partial charge in [0.1, 0.15) is 0 Å². The zero-order chi connectivity index (χ0) is 37.5. The van der Waals surface area contributed by atoms with Gasteiger partial charge in [-0.15, -0.1) is 0 Å². The maximum atomic E-state index is 13.0. The third kappa shape index (κ3) is 9.23. The van der Waals surface area contributed by atoms with Crippen LogP contribution in [0.5, 0.6) is 0 Å². The Bertz CT molecular complexity index is 994. The van der Waals surface area contributed by atoms with E-state index >= 15 is 0 Å². The van der Waals surface area contributed by atoms with Gasteiger partial charge in [0.25, 0.3) is 0 Å². The summed E-state index contributed by atoms with van der Waals surface area (Å²) in [7, 11) is -8.77. The van der Waals surface area contributed by atoms with Crippen LogP contribution >= 0.6 is 7.26 Å². The van der Waals surface area contributed by atoms with Crippen LogP contribution in [0.1, 0.15) is 79.1 Å². The summed E-state index contributed by atoms with van der Waals surface area (Å²) in [6, 6.07) is 0. The van der Waals surface area contributed by atoms with Crippen molar-refractivity contribution in [2.45, 2.75) is 126 Å². The van der Waals surface area contributed by atoms with E-state index in [1.807, 2.05) is 0 Å². The minimum Gasteiger partial charge on any atom is -0.281 e. The molecule has 0 aliphatic heterocycles. The van der Waals surface area contributed by atoms with Gasteiger partial charge in [0.05, 0.1) is 0 Å². The maximum Gasteiger partial charge on any atom is 0.460 e. The molecule has 46 heavy (non-hydrogen) atoms. The van der Waals surface area contributed by atoms with Crippen molar-refractivity contribution >= 4 is 17.4 Å². The van der Waals surface area contributed by atoms with Crippen LogP contribution in [-0.4, -0.2) is 84.6 Å². The van der Waals surface area contributed by atoms with E-state index in [9.17, 15) is 83.1 Å². The Morgan fingerprint density at radius 1 is 0.435 bits per heavy atom. The van der Waals surface area contributed by atoms with E-state index < -0.39 is 64.3 Å². The van der Waals surface area contributed by atoms with Crippen LogP contribution < -0.4 is 0 Å². The molecule has 0 unspecified atom stereocenters. The molecule has 0 aliphatic carbocycles. The molecule has 1 N–H and O–H groups in total. The molecule has 3 nitrogen and oxygen atoms in total. The van der Waals surface area contributed by atoms with Crippen molar-refractivity contribution < 1.29 is 87.6 Å². The largest absolute Gasteiger partial charge is 0.460 e. The van der Waals surface area contributed by atoms with E-state index in [0.29, 0.717) is 0 Å². The fraction of sp³-hybridized carbons (Fsp3) is 1.00. The van der Waals surface area contributed by atoms with Crippen LogP contribution in [0, 0.1) is 0 Å². The fourth-order valence-electron chi connectivity index (χ4n) is 4.27. The zero-order valence-corrected chi connectivity index (χ0v) is 26.9. The van der Waals surface area contributed by atoms with Crippen molar-refractivity contribution in [2.24, 2.45) is 0 Å². The molecule has 0 rings (SSSR count). The second kappa shape index (κ2) is 16.2. The fourth-order valence-corrected chi connectivity index (χ4v) is 10.6. The standard InChI is InChI=1S/C16H37P.C8HF17O3S/c1-5-9-13-17(14-10-6-2,15-11-7-3)16-12-8-4;9-1(10,3(13,14)5(17,18)7(21,22)23)2(11,12)4(15,16)6(19,20)8(24,25)29(26,27)28/h17H,5-16H2,1-4H3;(H,26,27,28). The van der Waals surface area contributed by atoms with Crippen LogP contribution in [0.3, 0.4) is 0 Å². The summed E-state index contributed by atoms with van der Waals surface area (Å²) in [6.45, 7) is 9.44. The van der Waals surface area contributed by atoms with E-state index in [1.165, 1.54) is 51.4 Å². The number of alkyl halides is 17. The Labute approximate surface area is 256 Å². The van der Waals surface area contributed by atoms with E-state index in [1.54, 1.807) is 24.6 Å². The van der Waals surface area contributed by atoms with Crippen molar-refractivity contribution in [3.05, 3.63) is 0 Å². The van der Waals surface area contributed by atoms with Crippen LogP contribution in [-0.2, 0) is 10.1 Å². The van der Waals surface area contributed by atoms with Crippen molar-refractivity contribution in [2.75, 3.05) is 24.6 Å². The van der Waals surface area contributed by atoms with E-state index in [0.717, 1.165) is 0 Å². The molecule has 0 fully saturated rings. The first-order valence-electron chi connectivity index (χ1n) is 13.9. The Morgan fingerprint density at radius 2 is 0.652 bits per heavy atom. The number of hydrogen-bond acceptors (Lipinski definition) is 2. The molecular formula is C24H38F17O3PS. The average Bonchev–Trinajstić information content (AvgIpc) is 2.90. The molecule has 0 aliphatic rings. The monoisotopic (exact) mass is 760 g/mol. The Balaban J connectivity index is 0. The molecule has 22 heteroatoms. The first-order valence-corrected chi connectivity index (χ1v) is 18.2. The molecule has 0 atom stereocenters. The summed E-state index contributed by atoms with van der Waals surface area (Å²) >= 11 is 0. The van der Waals surface area contributed by atoms with Gasteiger partial charge >= 0.3 is 168 Å². The summed E-state index contributed by atoms with van der Waals surface area (Å²) in [5.41, 5.74) is 0. The molecule has 0 aromatic heterocycles. The average molecular weight is 761 g/mol. The molecule has 0 spiro atoms. The number of hydrogen-bond donors (Lipinski definition) is 1. The predicted octanol–water partition coefficient (Wildman–Crippen LogP) is 10.8. The molecule has 0 radical (unpaired) electrons. The number of unbranched alkanes of at least 4 members (excludes halogenated alkanes) is 4. The smallest absolute Gasteiger partial charge is 0.281 e. The molecule has 0 amide bonds. The van der Waals surface area contributed by atoms with Crippen LogP contribution in [0.2, 0.25) is 0 Å². The summed E-state index contributed by atoms with van der Waals surface area (Å²) in [5, 5.41) is -7.84. The van der Waals surface area contributed by atoms with Gasteiger partial charge in [-0.3, -0.25) is 4.55 Å². The van der Waals surface area contributed by atoms with Crippen molar-refractivity contribution in [3.8, 4) is 0 Å². The minimum absolute atomic E-state index is 0.879. The molecule has 0 saturated carbocycles. The molecule has 0 bridgehead atoms. The summed E-state index contributed by atoms with van der Waals surface area (Å²) in [4.78, 5) is 0. The molecule has 0 aromatic rings. The normalized spacial score (nSPS) is 15.4. The zero-order valence-electron chi connectivity index (χ0n) is 25.1. The third-order valence-electron chi connectivity index (χ3n) is 7.26. The van der Waals surface area contributed by atoms with Gasteiger partial charge in [0.2, 0.25) is 0 Å². The Morgan fingerprint density at radius 3 is 0.848 bits per heavy atom. The quantitative estimate of drug-likeness (QED) is 0.0810. The van der Waals surface area contributed by atoms with Crippen LogP contribution in [0.4, 0.5) is 74.6 Å². The van der Waals surface area contributed by atoms with Gasteiger partial charge in [-0.25, -0.2) is 0 Å². The Hall–Kier alpha value is -0.850. The van der Waals surface area contributed by atoms with E-state index in [-0.39, 0.29) is 0 Å².